The van der Waals surface area contributed by atoms with Gasteiger partial charge in [0.25, 0.3) is 0 Å². The van der Waals surface area contributed by atoms with Crippen LogP contribution in [0.2, 0.25) is 5.02 Å². The second-order valence-electron chi connectivity index (χ2n) is 10.1. The molecule has 0 aliphatic heterocycles. The Labute approximate surface area is 200 Å². The summed E-state index contributed by atoms with van der Waals surface area (Å²) in [5, 5.41) is -0.584. The molecule has 4 rings (SSSR count). The zero-order valence-electron chi connectivity index (χ0n) is 19.2. The highest BCUT2D eigenvalue weighted by Gasteiger charge is 2.34. The Hall–Kier alpha value is -1.94. The standard InChI is InChI=1S/C28H33ClF2O2/c1-18(20-5-3-2-4-6-20)15-19-7-9-21(10-8-19)22-11-13-23(14-12-22)28(32)33-24-16-25(30)27(29)26(31)17-24/h2-6,16-19,21-23H,7-15H2,1H3/t18-,19?,21?,22?,23?/m0/s1. The van der Waals surface area contributed by atoms with Crippen LogP contribution >= 0.6 is 11.6 Å². The molecule has 2 aliphatic rings. The van der Waals surface area contributed by atoms with Crippen molar-refractivity contribution in [3.8, 4) is 5.75 Å². The highest BCUT2D eigenvalue weighted by Crippen LogP contribution is 2.43. The normalized spacial score (nSPS) is 26.5. The molecule has 2 nitrogen and oxygen atoms in total. The van der Waals surface area contributed by atoms with Gasteiger partial charge in [-0.3, -0.25) is 4.79 Å². The van der Waals surface area contributed by atoms with E-state index in [1.54, 1.807) is 0 Å². The minimum atomic E-state index is -0.920. The highest BCUT2D eigenvalue weighted by atomic mass is 35.5. The van der Waals surface area contributed by atoms with E-state index in [0.29, 0.717) is 11.8 Å². The average molecular weight is 475 g/mol. The van der Waals surface area contributed by atoms with Gasteiger partial charge in [0.2, 0.25) is 0 Å². The summed E-state index contributed by atoms with van der Waals surface area (Å²) in [5.41, 5.74) is 1.44. The first-order chi connectivity index (χ1) is 15.9. The Morgan fingerprint density at radius 2 is 1.48 bits per heavy atom. The van der Waals surface area contributed by atoms with Gasteiger partial charge in [-0.15, -0.1) is 0 Å². The third-order valence-corrected chi connectivity index (χ3v) is 8.26. The van der Waals surface area contributed by atoms with E-state index in [0.717, 1.165) is 49.7 Å². The van der Waals surface area contributed by atoms with E-state index >= 15 is 0 Å². The lowest BCUT2D eigenvalue weighted by atomic mass is 9.68. The van der Waals surface area contributed by atoms with Crippen molar-refractivity contribution in [3.63, 3.8) is 0 Å². The third kappa shape index (κ3) is 6.15. The van der Waals surface area contributed by atoms with E-state index < -0.39 is 22.6 Å². The second kappa shape index (κ2) is 11.0. The number of hydrogen-bond donors (Lipinski definition) is 0. The number of ether oxygens (including phenoxy) is 1. The molecule has 5 heteroatoms. The van der Waals surface area contributed by atoms with Crippen molar-refractivity contribution in [2.24, 2.45) is 23.7 Å². The molecule has 178 valence electrons. The van der Waals surface area contributed by atoms with E-state index in [1.165, 1.54) is 37.7 Å². The molecule has 33 heavy (non-hydrogen) atoms. The fourth-order valence-corrected chi connectivity index (χ4v) is 6.04. The van der Waals surface area contributed by atoms with E-state index in [4.69, 9.17) is 16.3 Å². The fourth-order valence-electron chi connectivity index (χ4n) is 5.93. The first-order valence-corrected chi connectivity index (χ1v) is 12.7. The van der Waals surface area contributed by atoms with Crippen LogP contribution in [0, 0.1) is 35.3 Å². The molecule has 0 radical (unpaired) electrons. The molecule has 0 N–H and O–H groups in total. The lowest BCUT2D eigenvalue weighted by Gasteiger charge is -2.38. The van der Waals surface area contributed by atoms with Crippen LogP contribution in [-0.4, -0.2) is 5.97 Å². The van der Waals surface area contributed by atoms with Gasteiger partial charge in [-0.2, -0.15) is 0 Å². The van der Waals surface area contributed by atoms with Gasteiger partial charge in [0.05, 0.1) is 5.92 Å². The molecule has 2 saturated carbocycles. The van der Waals surface area contributed by atoms with Crippen molar-refractivity contribution in [1.29, 1.82) is 0 Å². The molecule has 0 unspecified atom stereocenters. The van der Waals surface area contributed by atoms with Crippen LogP contribution in [0.25, 0.3) is 0 Å². The SMILES string of the molecule is C[C@@H](CC1CCC(C2CCC(C(=O)Oc3cc(F)c(Cl)c(F)c3)CC2)CC1)c1ccccc1. The molecule has 0 bridgehead atoms. The van der Waals surface area contributed by atoms with Gasteiger partial charge >= 0.3 is 5.97 Å². The molecule has 2 fully saturated rings. The first-order valence-electron chi connectivity index (χ1n) is 12.3. The number of halogens is 3. The summed E-state index contributed by atoms with van der Waals surface area (Å²) < 4.78 is 32.5. The summed E-state index contributed by atoms with van der Waals surface area (Å²) in [5.74, 6) is 0.286. The number of hydrogen-bond acceptors (Lipinski definition) is 2. The Morgan fingerprint density at radius 1 is 0.939 bits per heavy atom. The average Bonchev–Trinajstić information content (AvgIpc) is 2.83. The summed E-state index contributed by atoms with van der Waals surface area (Å²) in [6, 6.07) is 12.7. The molecule has 0 aromatic heterocycles. The summed E-state index contributed by atoms with van der Waals surface area (Å²) in [6.45, 7) is 2.34. The molecule has 2 aromatic rings. The largest absolute Gasteiger partial charge is 0.426 e. The molecular formula is C28H33ClF2O2. The summed E-state index contributed by atoms with van der Waals surface area (Å²) >= 11 is 5.50. The van der Waals surface area contributed by atoms with Crippen LogP contribution < -0.4 is 4.74 Å². The summed E-state index contributed by atoms with van der Waals surface area (Å²) in [7, 11) is 0. The van der Waals surface area contributed by atoms with Crippen molar-refractivity contribution < 1.29 is 18.3 Å². The number of rotatable bonds is 6. The van der Waals surface area contributed by atoms with Gasteiger partial charge in [-0.25, -0.2) is 8.78 Å². The van der Waals surface area contributed by atoms with Crippen molar-refractivity contribution in [2.75, 3.05) is 0 Å². The van der Waals surface area contributed by atoms with Gasteiger partial charge in [0, 0.05) is 12.1 Å². The zero-order chi connectivity index (χ0) is 23.4. The van der Waals surface area contributed by atoms with Gasteiger partial charge in [0.1, 0.15) is 22.4 Å². The maximum Gasteiger partial charge on any atom is 0.314 e. The molecule has 0 spiro atoms. The Balaban J connectivity index is 1.21. The Morgan fingerprint density at radius 3 is 2.06 bits per heavy atom. The van der Waals surface area contributed by atoms with Crippen LogP contribution in [0.15, 0.2) is 42.5 Å². The lowest BCUT2D eigenvalue weighted by molar-refractivity contribution is -0.140. The number of esters is 1. The van der Waals surface area contributed by atoms with Gasteiger partial charge in [-0.1, -0.05) is 61.7 Å². The molecule has 0 amide bonds. The van der Waals surface area contributed by atoms with Crippen LogP contribution in [0.4, 0.5) is 8.78 Å². The van der Waals surface area contributed by atoms with Crippen molar-refractivity contribution in [1.82, 2.24) is 0 Å². The predicted octanol–water partition coefficient (Wildman–Crippen LogP) is 8.33. The van der Waals surface area contributed by atoms with E-state index in [9.17, 15) is 13.6 Å². The predicted molar refractivity (Wildman–Crippen MR) is 127 cm³/mol. The van der Waals surface area contributed by atoms with E-state index in [-0.39, 0.29) is 11.7 Å². The van der Waals surface area contributed by atoms with E-state index in [2.05, 4.69) is 37.3 Å². The highest BCUT2D eigenvalue weighted by molar-refractivity contribution is 6.30. The maximum atomic E-state index is 13.6. The molecule has 0 heterocycles. The van der Waals surface area contributed by atoms with Crippen molar-refractivity contribution in [2.45, 2.75) is 70.6 Å². The smallest absolute Gasteiger partial charge is 0.314 e. The van der Waals surface area contributed by atoms with Crippen LogP contribution in [0.5, 0.6) is 5.75 Å². The third-order valence-electron chi connectivity index (χ3n) is 7.89. The molecule has 0 saturated heterocycles. The number of carbonyl (C=O) groups is 1. The lowest BCUT2D eigenvalue weighted by Crippen LogP contribution is -2.30. The second-order valence-corrected chi connectivity index (χ2v) is 10.4. The minimum Gasteiger partial charge on any atom is -0.426 e. The van der Waals surface area contributed by atoms with Crippen LogP contribution in [-0.2, 0) is 4.79 Å². The van der Waals surface area contributed by atoms with Gasteiger partial charge in [0.15, 0.2) is 0 Å². The van der Waals surface area contributed by atoms with Crippen molar-refractivity contribution >= 4 is 17.6 Å². The summed E-state index contributed by atoms with van der Waals surface area (Å²) in [4.78, 5) is 12.5. The maximum absolute atomic E-state index is 13.6. The van der Waals surface area contributed by atoms with Crippen LogP contribution in [0.3, 0.4) is 0 Å². The minimum absolute atomic E-state index is 0.121. The first kappa shape index (κ1) is 24.2. The molecule has 2 aromatic carbocycles. The number of benzene rings is 2. The Kier molecular flexibility index (Phi) is 8.06. The quantitative estimate of drug-likeness (QED) is 0.239. The zero-order valence-corrected chi connectivity index (χ0v) is 20.0. The van der Waals surface area contributed by atoms with Gasteiger partial charge in [-0.05, 0) is 74.2 Å². The topological polar surface area (TPSA) is 26.3 Å². The van der Waals surface area contributed by atoms with Crippen LogP contribution in [0.1, 0.15) is 76.2 Å². The van der Waals surface area contributed by atoms with E-state index in [1.807, 2.05) is 0 Å². The summed E-state index contributed by atoms with van der Waals surface area (Å²) in [6.07, 6.45) is 10.1. The monoisotopic (exact) mass is 474 g/mol. The van der Waals surface area contributed by atoms with Crippen molar-refractivity contribution in [3.05, 3.63) is 64.7 Å². The molecule has 2 aliphatic carbocycles. The fraction of sp³-hybridized carbons (Fsp3) is 0.536. The molecular weight excluding hydrogens is 442 g/mol. The van der Waals surface area contributed by atoms with Gasteiger partial charge < -0.3 is 4.74 Å². The number of carbonyl (C=O) groups excluding carboxylic acids is 1. The Bertz CT molecular complexity index is 909. The molecule has 1 atom stereocenters.